The first-order valence-corrected chi connectivity index (χ1v) is 6.40. The molecule has 5 heteroatoms. The van der Waals surface area contributed by atoms with Gasteiger partial charge >= 0.3 is 0 Å². The van der Waals surface area contributed by atoms with Gasteiger partial charge in [0.25, 0.3) is 0 Å². The lowest BCUT2D eigenvalue weighted by Crippen LogP contribution is -2.27. The second-order valence-electron chi connectivity index (χ2n) is 4.33. The number of anilines is 1. The third-order valence-electron chi connectivity index (χ3n) is 2.92. The quantitative estimate of drug-likeness (QED) is 0.831. The number of nitrogens with zero attached hydrogens (tertiary/aromatic N) is 1. The van der Waals surface area contributed by atoms with Crippen molar-refractivity contribution in [2.45, 2.75) is 32.2 Å². The fourth-order valence-corrected chi connectivity index (χ4v) is 2.09. The van der Waals surface area contributed by atoms with E-state index in [-0.39, 0.29) is 5.91 Å². The first-order valence-electron chi connectivity index (χ1n) is 6.40. The Balaban J connectivity index is 1.93. The van der Waals surface area contributed by atoms with Crippen LogP contribution in [0.1, 0.15) is 26.2 Å². The van der Waals surface area contributed by atoms with Gasteiger partial charge in [-0.15, -0.1) is 0 Å². The van der Waals surface area contributed by atoms with Crippen LogP contribution in [0.15, 0.2) is 18.3 Å². The van der Waals surface area contributed by atoms with Crippen LogP contribution in [0.25, 0.3) is 0 Å². The Morgan fingerprint density at radius 3 is 3.28 bits per heavy atom. The van der Waals surface area contributed by atoms with Gasteiger partial charge < -0.3 is 15.4 Å². The predicted octanol–water partition coefficient (Wildman–Crippen LogP) is 1.56. The lowest BCUT2D eigenvalue weighted by Gasteiger charge is -2.12. The minimum Gasteiger partial charge on any atom is -0.476 e. The summed E-state index contributed by atoms with van der Waals surface area (Å²) >= 11 is 0. The van der Waals surface area contributed by atoms with Crippen molar-refractivity contribution in [3.05, 3.63) is 18.3 Å². The Labute approximate surface area is 107 Å². The summed E-state index contributed by atoms with van der Waals surface area (Å²) in [5.74, 6) is 0.482. The lowest BCUT2D eigenvalue weighted by molar-refractivity contribution is -0.116. The van der Waals surface area contributed by atoms with Crippen molar-refractivity contribution >= 4 is 11.6 Å². The molecule has 1 aromatic heterocycles. The summed E-state index contributed by atoms with van der Waals surface area (Å²) in [4.78, 5) is 16.0. The normalized spacial score (nSPS) is 18.6. The molecule has 1 aliphatic heterocycles. The molecule has 0 aromatic carbocycles. The van der Waals surface area contributed by atoms with Crippen molar-refractivity contribution in [3.8, 4) is 5.88 Å². The number of carbonyl (C=O) groups is 1. The fraction of sp³-hybridized carbons (Fsp3) is 0.538. The maximum atomic E-state index is 11.9. The number of ether oxygens (including phenoxy) is 1. The van der Waals surface area contributed by atoms with E-state index in [1.807, 2.05) is 6.92 Å². The van der Waals surface area contributed by atoms with E-state index in [1.165, 1.54) is 0 Å². The maximum Gasteiger partial charge on any atom is 0.237 e. The summed E-state index contributed by atoms with van der Waals surface area (Å²) in [7, 11) is 0. The predicted molar refractivity (Wildman–Crippen MR) is 69.7 cm³/mol. The van der Waals surface area contributed by atoms with Crippen LogP contribution in [0.5, 0.6) is 5.88 Å². The van der Waals surface area contributed by atoms with E-state index in [2.05, 4.69) is 15.6 Å². The van der Waals surface area contributed by atoms with E-state index >= 15 is 0 Å². The summed E-state index contributed by atoms with van der Waals surface area (Å²) in [6.07, 6.45) is 4.37. The minimum absolute atomic E-state index is 0.00310. The number of pyridine rings is 1. The first-order chi connectivity index (χ1) is 8.79. The molecule has 1 atom stereocenters. The van der Waals surface area contributed by atoms with Crippen molar-refractivity contribution in [3.63, 3.8) is 0 Å². The Kier molecular flexibility index (Phi) is 4.52. The molecule has 1 saturated heterocycles. The second kappa shape index (κ2) is 6.35. The largest absolute Gasteiger partial charge is 0.476 e. The third kappa shape index (κ3) is 3.43. The molecule has 1 aliphatic rings. The maximum absolute atomic E-state index is 11.9. The highest BCUT2D eigenvalue weighted by atomic mass is 16.5. The summed E-state index contributed by atoms with van der Waals surface area (Å²) in [5, 5.41) is 6.16. The van der Waals surface area contributed by atoms with Gasteiger partial charge in [0.2, 0.25) is 11.8 Å². The van der Waals surface area contributed by atoms with Crippen molar-refractivity contribution in [2.75, 3.05) is 18.5 Å². The van der Waals surface area contributed by atoms with Gasteiger partial charge in [-0.1, -0.05) is 0 Å². The lowest BCUT2D eigenvalue weighted by atomic mass is 10.1. The van der Waals surface area contributed by atoms with E-state index in [4.69, 9.17) is 4.74 Å². The van der Waals surface area contributed by atoms with Crippen molar-refractivity contribution in [1.82, 2.24) is 10.3 Å². The van der Waals surface area contributed by atoms with Crippen molar-refractivity contribution in [1.29, 1.82) is 0 Å². The first kappa shape index (κ1) is 12.8. The minimum atomic E-state index is 0.00310. The molecule has 0 saturated carbocycles. The zero-order valence-corrected chi connectivity index (χ0v) is 10.6. The van der Waals surface area contributed by atoms with Gasteiger partial charge in [0.05, 0.1) is 6.61 Å². The van der Waals surface area contributed by atoms with Crippen LogP contribution >= 0.6 is 0 Å². The Hall–Kier alpha value is -1.62. The Morgan fingerprint density at radius 2 is 2.56 bits per heavy atom. The van der Waals surface area contributed by atoms with Crippen LogP contribution in [0, 0.1) is 0 Å². The molecule has 0 bridgehead atoms. The zero-order valence-electron chi connectivity index (χ0n) is 10.6. The van der Waals surface area contributed by atoms with E-state index in [0.29, 0.717) is 30.6 Å². The molecule has 2 heterocycles. The SMILES string of the molecule is CCOc1ncccc1NC(=O)CC1CCCN1. The standard InChI is InChI=1S/C13H19N3O2/c1-2-18-13-11(6-4-8-15-13)16-12(17)9-10-5-3-7-14-10/h4,6,8,10,14H,2-3,5,7,9H2,1H3,(H,16,17). The van der Waals surface area contributed by atoms with Crippen LogP contribution in [0.2, 0.25) is 0 Å². The number of nitrogens with one attached hydrogen (secondary N) is 2. The number of amides is 1. The molecule has 1 amide bonds. The summed E-state index contributed by atoms with van der Waals surface area (Å²) < 4.78 is 5.37. The molecule has 5 nitrogen and oxygen atoms in total. The smallest absolute Gasteiger partial charge is 0.237 e. The van der Waals surface area contributed by atoms with Crippen molar-refractivity contribution in [2.24, 2.45) is 0 Å². The van der Waals surface area contributed by atoms with Crippen LogP contribution in [0.4, 0.5) is 5.69 Å². The Bertz CT molecular complexity index is 403. The van der Waals surface area contributed by atoms with Gasteiger partial charge in [-0.3, -0.25) is 4.79 Å². The molecule has 0 aliphatic carbocycles. The average Bonchev–Trinajstić information content (AvgIpc) is 2.84. The van der Waals surface area contributed by atoms with E-state index < -0.39 is 0 Å². The molecule has 18 heavy (non-hydrogen) atoms. The molecule has 1 aromatic rings. The van der Waals surface area contributed by atoms with Gasteiger partial charge in [0.1, 0.15) is 5.69 Å². The fourth-order valence-electron chi connectivity index (χ4n) is 2.09. The third-order valence-corrected chi connectivity index (χ3v) is 2.92. The van der Waals surface area contributed by atoms with Crippen LogP contribution in [-0.4, -0.2) is 30.1 Å². The molecule has 0 radical (unpaired) electrons. The van der Waals surface area contributed by atoms with Gasteiger partial charge in [0, 0.05) is 18.7 Å². The number of hydrogen-bond acceptors (Lipinski definition) is 4. The van der Waals surface area contributed by atoms with E-state index in [9.17, 15) is 4.79 Å². The molecule has 2 rings (SSSR count). The van der Waals surface area contributed by atoms with Gasteiger partial charge in [0.15, 0.2) is 0 Å². The van der Waals surface area contributed by atoms with E-state index in [0.717, 1.165) is 19.4 Å². The molecule has 0 spiro atoms. The Morgan fingerprint density at radius 1 is 1.67 bits per heavy atom. The monoisotopic (exact) mass is 249 g/mol. The summed E-state index contributed by atoms with van der Waals surface area (Å²) in [6.45, 7) is 3.43. The topological polar surface area (TPSA) is 63.2 Å². The van der Waals surface area contributed by atoms with Gasteiger partial charge in [-0.25, -0.2) is 4.98 Å². The van der Waals surface area contributed by atoms with Crippen molar-refractivity contribution < 1.29 is 9.53 Å². The molecule has 2 N–H and O–H groups in total. The average molecular weight is 249 g/mol. The number of aromatic nitrogens is 1. The number of rotatable bonds is 5. The summed E-state index contributed by atoms with van der Waals surface area (Å²) in [6, 6.07) is 3.89. The van der Waals surface area contributed by atoms with Crippen LogP contribution < -0.4 is 15.4 Å². The molecular formula is C13H19N3O2. The van der Waals surface area contributed by atoms with Crippen LogP contribution in [-0.2, 0) is 4.79 Å². The molecular weight excluding hydrogens is 230 g/mol. The number of hydrogen-bond donors (Lipinski definition) is 2. The van der Waals surface area contributed by atoms with Gasteiger partial charge in [-0.2, -0.15) is 0 Å². The molecule has 98 valence electrons. The highest BCUT2D eigenvalue weighted by molar-refractivity contribution is 5.92. The second-order valence-corrected chi connectivity index (χ2v) is 4.33. The van der Waals surface area contributed by atoms with Gasteiger partial charge in [-0.05, 0) is 38.4 Å². The highest BCUT2D eigenvalue weighted by Crippen LogP contribution is 2.21. The number of carbonyl (C=O) groups excluding carboxylic acids is 1. The van der Waals surface area contributed by atoms with Crippen LogP contribution in [0.3, 0.4) is 0 Å². The highest BCUT2D eigenvalue weighted by Gasteiger charge is 2.18. The summed E-state index contributed by atoms with van der Waals surface area (Å²) in [5.41, 5.74) is 0.641. The van der Waals surface area contributed by atoms with E-state index in [1.54, 1.807) is 18.3 Å². The molecule has 1 fully saturated rings. The zero-order chi connectivity index (χ0) is 12.8. The molecule has 1 unspecified atom stereocenters.